The summed E-state index contributed by atoms with van der Waals surface area (Å²) in [4.78, 5) is 30.4. The molecule has 1 aromatic carbocycles. The minimum Gasteiger partial charge on any atom is -0.425 e. The predicted octanol–water partition coefficient (Wildman–Crippen LogP) is 3.63. The summed E-state index contributed by atoms with van der Waals surface area (Å²) in [6.45, 7) is 0.833. The lowest BCUT2D eigenvalue weighted by molar-refractivity contribution is 0.438. The van der Waals surface area contributed by atoms with Crippen molar-refractivity contribution >= 4 is 22.6 Å². The Morgan fingerprint density at radius 1 is 1.00 bits per heavy atom. The fourth-order valence-corrected chi connectivity index (χ4v) is 4.50. The van der Waals surface area contributed by atoms with Gasteiger partial charge in [0.15, 0.2) is 0 Å². The fraction of sp³-hybridized carbons (Fsp3) is 0.458. The Balaban J connectivity index is 1.27. The van der Waals surface area contributed by atoms with Gasteiger partial charge in [-0.3, -0.25) is 13.9 Å². The molecule has 3 aromatic rings. The molecule has 9 heteroatoms. The van der Waals surface area contributed by atoms with Gasteiger partial charge in [-0.2, -0.15) is 0 Å². The first-order valence-corrected chi connectivity index (χ1v) is 11.9. The van der Waals surface area contributed by atoms with Crippen LogP contribution in [0.4, 0.5) is 5.82 Å². The average Bonchev–Trinajstić information content (AvgIpc) is 3.39. The molecule has 2 aliphatic rings. The summed E-state index contributed by atoms with van der Waals surface area (Å²) in [5, 5.41) is 8.58. The smallest absolute Gasteiger partial charge is 0.332 e. The molecule has 5 rings (SSSR count). The SMILES string of the molecule is O=c1c2c(n(CCCC3CC3)c(=O)n1CCCc1nnc(Cc3ccccc3)o1)N=C(Cl)C2. The zero-order valence-corrected chi connectivity index (χ0v) is 19.1. The summed E-state index contributed by atoms with van der Waals surface area (Å²) in [7, 11) is 0. The summed E-state index contributed by atoms with van der Waals surface area (Å²) in [6, 6.07) is 9.92. The van der Waals surface area contributed by atoms with Crippen LogP contribution < -0.4 is 11.2 Å². The summed E-state index contributed by atoms with van der Waals surface area (Å²) in [5.41, 5.74) is 0.984. The topological polar surface area (TPSA) is 95.3 Å². The Kier molecular flexibility index (Phi) is 6.26. The van der Waals surface area contributed by atoms with E-state index in [1.165, 1.54) is 17.4 Å². The van der Waals surface area contributed by atoms with E-state index in [0.717, 1.165) is 24.3 Å². The van der Waals surface area contributed by atoms with Crippen molar-refractivity contribution in [3.8, 4) is 0 Å². The number of aliphatic imine (C=N–C) groups is 1. The van der Waals surface area contributed by atoms with Crippen molar-refractivity contribution in [3.63, 3.8) is 0 Å². The van der Waals surface area contributed by atoms with Gasteiger partial charge in [-0.05, 0) is 30.7 Å². The first kappa shape index (κ1) is 21.8. The summed E-state index contributed by atoms with van der Waals surface area (Å²) in [6.07, 6.45) is 6.43. The van der Waals surface area contributed by atoms with E-state index in [2.05, 4.69) is 15.2 Å². The number of nitrogens with zero attached hydrogens (tertiary/aromatic N) is 5. The molecular weight excluding hydrogens is 442 g/mol. The molecule has 1 aliphatic heterocycles. The van der Waals surface area contributed by atoms with E-state index in [9.17, 15) is 9.59 Å². The van der Waals surface area contributed by atoms with Gasteiger partial charge in [-0.1, -0.05) is 54.8 Å². The second-order valence-electron chi connectivity index (χ2n) is 8.80. The minimum absolute atomic E-state index is 0.279. The van der Waals surface area contributed by atoms with Gasteiger partial charge in [0, 0.05) is 25.9 Å². The summed E-state index contributed by atoms with van der Waals surface area (Å²) >= 11 is 6.12. The highest BCUT2D eigenvalue weighted by Crippen LogP contribution is 2.34. The van der Waals surface area contributed by atoms with E-state index < -0.39 is 0 Å². The predicted molar refractivity (Wildman–Crippen MR) is 125 cm³/mol. The summed E-state index contributed by atoms with van der Waals surface area (Å²) < 4.78 is 8.68. The van der Waals surface area contributed by atoms with Crippen LogP contribution in [-0.2, 0) is 32.4 Å². The van der Waals surface area contributed by atoms with Gasteiger partial charge in [0.1, 0.15) is 11.0 Å². The van der Waals surface area contributed by atoms with E-state index in [1.807, 2.05) is 30.3 Å². The highest BCUT2D eigenvalue weighted by molar-refractivity contribution is 6.66. The van der Waals surface area contributed by atoms with Crippen molar-refractivity contribution in [1.82, 2.24) is 19.3 Å². The van der Waals surface area contributed by atoms with Crippen LogP contribution in [0.5, 0.6) is 0 Å². The maximum absolute atomic E-state index is 13.2. The third kappa shape index (κ3) is 5.00. The first-order valence-electron chi connectivity index (χ1n) is 11.5. The maximum Gasteiger partial charge on any atom is 0.332 e. The molecule has 0 atom stereocenters. The highest BCUT2D eigenvalue weighted by atomic mass is 35.5. The number of hydrogen-bond donors (Lipinski definition) is 0. The van der Waals surface area contributed by atoms with E-state index in [4.69, 9.17) is 16.0 Å². The molecule has 0 unspecified atom stereocenters. The van der Waals surface area contributed by atoms with Crippen LogP contribution in [0.3, 0.4) is 0 Å². The molecule has 0 bridgehead atoms. The van der Waals surface area contributed by atoms with E-state index in [0.29, 0.717) is 54.1 Å². The van der Waals surface area contributed by atoms with Gasteiger partial charge in [0.25, 0.3) is 5.56 Å². The molecule has 172 valence electrons. The fourth-order valence-electron chi connectivity index (χ4n) is 4.29. The zero-order valence-electron chi connectivity index (χ0n) is 18.4. The van der Waals surface area contributed by atoms with Crippen molar-refractivity contribution < 1.29 is 4.42 Å². The number of halogens is 1. The van der Waals surface area contributed by atoms with Crippen LogP contribution in [0.1, 0.15) is 55.0 Å². The van der Waals surface area contributed by atoms with Crippen LogP contribution in [0.15, 0.2) is 49.3 Å². The van der Waals surface area contributed by atoms with Gasteiger partial charge >= 0.3 is 5.69 Å². The Morgan fingerprint density at radius 3 is 2.55 bits per heavy atom. The Labute approximate surface area is 195 Å². The zero-order chi connectivity index (χ0) is 22.8. The molecule has 1 fully saturated rings. The number of fused-ring (bicyclic) bond motifs is 1. The molecule has 2 aromatic heterocycles. The second-order valence-corrected chi connectivity index (χ2v) is 9.24. The normalized spacial score (nSPS) is 15.0. The van der Waals surface area contributed by atoms with Gasteiger partial charge < -0.3 is 4.42 Å². The van der Waals surface area contributed by atoms with Crippen LogP contribution in [0.2, 0.25) is 0 Å². The van der Waals surface area contributed by atoms with Crippen molar-refractivity contribution in [1.29, 1.82) is 0 Å². The Bertz CT molecular complexity index is 1290. The van der Waals surface area contributed by atoms with Gasteiger partial charge in [-0.15, -0.1) is 10.2 Å². The van der Waals surface area contributed by atoms with Crippen LogP contribution in [-0.4, -0.2) is 24.5 Å². The molecule has 33 heavy (non-hydrogen) atoms. The third-order valence-electron chi connectivity index (χ3n) is 6.21. The molecule has 3 heterocycles. The standard InChI is InChI=1S/C24H26ClN5O3/c25-19-15-18-22(26-19)29(12-4-8-16-10-11-16)24(32)30(23(18)31)13-5-9-20-27-28-21(33-20)14-17-6-2-1-3-7-17/h1-3,6-7,16H,4-5,8-15H2. The van der Waals surface area contributed by atoms with Gasteiger partial charge in [0.05, 0.1) is 12.0 Å². The lowest BCUT2D eigenvalue weighted by Crippen LogP contribution is -2.41. The number of benzene rings is 1. The molecule has 0 saturated heterocycles. The van der Waals surface area contributed by atoms with Crippen molar-refractivity contribution in [2.24, 2.45) is 10.9 Å². The third-order valence-corrected chi connectivity index (χ3v) is 6.43. The lowest BCUT2D eigenvalue weighted by Gasteiger charge is -2.14. The maximum atomic E-state index is 13.2. The van der Waals surface area contributed by atoms with Gasteiger partial charge in [-0.25, -0.2) is 9.79 Å². The van der Waals surface area contributed by atoms with E-state index >= 15 is 0 Å². The number of aryl methyl sites for hydroxylation is 1. The molecule has 1 saturated carbocycles. The monoisotopic (exact) mass is 467 g/mol. The molecule has 1 aliphatic carbocycles. The highest BCUT2D eigenvalue weighted by Gasteiger charge is 2.25. The second kappa shape index (κ2) is 9.47. The first-order chi connectivity index (χ1) is 16.1. The number of rotatable bonds is 10. The quantitative estimate of drug-likeness (QED) is 0.453. The number of hydrogen-bond acceptors (Lipinski definition) is 6. The molecule has 8 nitrogen and oxygen atoms in total. The summed E-state index contributed by atoms with van der Waals surface area (Å²) in [5.74, 6) is 2.28. The Hall–Kier alpha value is -3.00. The van der Waals surface area contributed by atoms with Crippen molar-refractivity contribution in [2.75, 3.05) is 0 Å². The largest absolute Gasteiger partial charge is 0.425 e. The molecule has 0 amide bonds. The van der Waals surface area contributed by atoms with Gasteiger partial charge in [0.2, 0.25) is 11.8 Å². The molecule has 0 spiro atoms. The molecular formula is C24H26ClN5O3. The minimum atomic E-state index is -0.319. The number of aromatic nitrogens is 4. The average molecular weight is 468 g/mol. The van der Waals surface area contributed by atoms with Crippen LogP contribution in [0.25, 0.3) is 0 Å². The lowest BCUT2D eigenvalue weighted by atomic mass is 10.2. The van der Waals surface area contributed by atoms with Crippen LogP contribution in [0, 0.1) is 5.92 Å². The van der Waals surface area contributed by atoms with Crippen LogP contribution >= 0.6 is 11.6 Å². The molecule has 0 N–H and O–H groups in total. The van der Waals surface area contributed by atoms with E-state index in [-0.39, 0.29) is 24.2 Å². The Morgan fingerprint density at radius 2 is 1.76 bits per heavy atom. The van der Waals surface area contributed by atoms with E-state index in [1.54, 1.807) is 4.57 Å². The van der Waals surface area contributed by atoms with Crippen molar-refractivity contribution in [2.45, 2.75) is 64.5 Å². The van der Waals surface area contributed by atoms with Crippen molar-refractivity contribution in [3.05, 3.63) is 74.1 Å². The molecule has 0 radical (unpaired) electrons.